The van der Waals surface area contributed by atoms with E-state index >= 15 is 0 Å². The molecule has 7 amide bonds. The molecule has 1 aromatic heterocycles. The molecular formula is C38H41FN8O7. The molecule has 54 heavy (non-hydrogen) atoms. The third-order valence-corrected chi connectivity index (χ3v) is 9.74. The van der Waals surface area contributed by atoms with Crippen LogP contribution in [0.25, 0.3) is 11.6 Å². The summed E-state index contributed by atoms with van der Waals surface area (Å²) >= 11 is 0. The fourth-order valence-corrected chi connectivity index (χ4v) is 6.93. The molecule has 1 unspecified atom stereocenters. The molecule has 1 fully saturated rings. The highest BCUT2D eigenvalue weighted by molar-refractivity contribution is 6.35. The number of nitrogens with one attached hydrogen (secondary N) is 6. The van der Waals surface area contributed by atoms with Crippen molar-refractivity contribution in [3.8, 4) is 0 Å². The number of rotatable bonds is 14. The first kappa shape index (κ1) is 37.6. The first-order chi connectivity index (χ1) is 25.9. The molecule has 0 saturated carbocycles. The molecule has 1 atom stereocenters. The Kier molecular flexibility index (Phi) is 11.0. The second-order valence-corrected chi connectivity index (χ2v) is 13.3. The third kappa shape index (κ3) is 7.64. The van der Waals surface area contributed by atoms with Crippen LogP contribution in [0, 0.1) is 19.7 Å². The Hall–Kier alpha value is -6.16. The highest BCUT2D eigenvalue weighted by atomic mass is 19.1. The number of aromatic nitrogens is 1. The number of amides is 7. The monoisotopic (exact) mass is 740 g/mol. The predicted octanol–water partition coefficient (Wildman–Crippen LogP) is 2.33. The van der Waals surface area contributed by atoms with Gasteiger partial charge < -0.3 is 26.3 Å². The molecule has 6 rings (SSSR count). The summed E-state index contributed by atoms with van der Waals surface area (Å²) in [5, 5.41) is 13.9. The number of halogens is 1. The van der Waals surface area contributed by atoms with Crippen LogP contribution in [0.4, 0.5) is 15.8 Å². The van der Waals surface area contributed by atoms with Crippen LogP contribution >= 0.6 is 0 Å². The number of H-pyrrole nitrogens is 1. The second kappa shape index (κ2) is 15.8. The zero-order valence-corrected chi connectivity index (χ0v) is 30.1. The van der Waals surface area contributed by atoms with E-state index < -0.39 is 35.5 Å². The summed E-state index contributed by atoms with van der Waals surface area (Å²) in [5.41, 5.74) is 4.31. The fraction of sp³-hybridized carbons (Fsp3) is 0.342. The molecule has 4 heterocycles. The smallest absolute Gasteiger partial charge is 0.264 e. The highest BCUT2D eigenvalue weighted by Gasteiger charge is 2.45. The van der Waals surface area contributed by atoms with Gasteiger partial charge in [0, 0.05) is 60.9 Å². The van der Waals surface area contributed by atoms with Crippen molar-refractivity contribution in [1.82, 2.24) is 30.7 Å². The van der Waals surface area contributed by atoms with Gasteiger partial charge in [-0.1, -0.05) is 13.0 Å². The molecule has 2 aromatic carbocycles. The zero-order chi connectivity index (χ0) is 38.7. The molecule has 0 aliphatic carbocycles. The lowest BCUT2D eigenvalue weighted by Crippen LogP contribution is -2.54. The maximum atomic E-state index is 13.9. The summed E-state index contributed by atoms with van der Waals surface area (Å²) < 4.78 is 13.9. The van der Waals surface area contributed by atoms with Gasteiger partial charge in [0.1, 0.15) is 11.9 Å². The molecule has 282 valence electrons. The summed E-state index contributed by atoms with van der Waals surface area (Å²) in [4.78, 5) is 94.8. The first-order valence-electron chi connectivity index (χ1n) is 17.8. The molecule has 1 saturated heterocycles. The van der Waals surface area contributed by atoms with E-state index in [0.29, 0.717) is 77.6 Å². The van der Waals surface area contributed by atoms with Crippen LogP contribution in [-0.4, -0.2) is 101 Å². The Morgan fingerprint density at radius 2 is 1.78 bits per heavy atom. The molecule has 3 aliphatic rings. The van der Waals surface area contributed by atoms with Gasteiger partial charge in [0.05, 0.1) is 28.8 Å². The number of fused-ring (bicyclic) bond motifs is 2. The van der Waals surface area contributed by atoms with Gasteiger partial charge in [-0.05, 0) is 75.2 Å². The van der Waals surface area contributed by atoms with Gasteiger partial charge in [-0.2, -0.15) is 0 Å². The number of carbonyl (C=O) groups excluding carboxylic acids is 7. The average molecular weight is 741 g/mol. The Morgan fingerprint density at radius 3 is 2.54 bits per heavy atom. The number of aryl methyl sites for hydroxylation is 1. The number of likely N-dealkylation sites (N-methyl/N-ethyl adjacent to an activating group) is 1. The second-order valence-electron chi connectivity index (χ2n) is 13.3. The molecule has 0 bridgehead atoms. The minimum atomic E-state index is -1.05. The lowest BCUT2D eigenvalue weighted by Gasteiger charge is -2.27. The molecule has 6 N–H and O–H groups in total. The minimum Gasteiger partial charge on any atom is -0.384 e. The number of anilines is 2. The maximum Gasteiger partial charge on any atom is 0.264 e. The normalized spacial score (nSPS) is 17.1. The number of benzene rings is 2. The van der Waals surface area contributed by atoms with Crippen molar-refractivity contribution in [3.63, 3.8) is 0 Å². The quantitative estimate of drug-likeness (QED) is 0.0815. The fourth-order valence-electron chi connectivity index (χ4n) is 6.93. The number of piperidine rings is 1. The molecule has 3 aromatic rings. The maximum absolute atomic E-state index is 13.9. The Morgan fingerprint density at radius 1 is 0.981 bits per heavy atom. The number of hydrogen-bond acceptors (Lipinski definition) is 9. The van der Waals surface area contributed by atoms with Gasteiger partial charge >= 0.3 is 0 Å². The van der Waals surface area contributed by atoms with E-state index in [1.807, 2.05) is 11.8 Å². The molecule has 0 radical (unpaired) electrons. The Balaban J connectivity index is 0.945. The SMILES string of the molecule is CCN(CCNC(=O)c1c(C)[nH]c(/C=C2\C(=O)Nc3ccc(F)cc32)c1C)CC(=O)NCCCNc1cccc2c1C(=O)N(C1CCC(=O)NC1=O)C2=O. The lowest BCUT2D eigenvalue weighted by molar-refractivity contribution is -0.136. The molecule has 3 aliphatic heterocycles. The summed E-state index contributed by atoms with van der Waals surface area (Å²) in [6, 6.07) is 7.86. The van der Waals surface area contributed by atoms with Crippen molar-refractivity contribution >= 4 is 64.4 Å². The standard InChI is InChI=1S/C38H41FN8O7/c1-4-46(16-15-42-36(52)32-20(2)28(43-21(32)3)18-25-24-17-22(39)9-10-26(24)44-34(25)50)19-31(49)41-14-6-13-40-27-8-5-7-23-33(27)38(54)47(37(23)53)29-11-12-30(48)45-35(29)51/h5,7-10,17-18,29,40,43H,4,6,11-16,19H2,1-3H3,(H,41,49)(H,42,52)(H,44,50)(H,45,48,51)/b25-18-. The van der Waals surface area contributed by atoms with E-state index in [4.69, 9.17) is 0 Å². The molecular weight excluding hydrogens is 699 g/mol. The zero-order valence-electron chi connectivity index (χ0n) is 30.1. The molecule has 0 spiro atoms. The van der Waals surface area contributed by atoms with E-state index in [9.17, 15) is 38.0 Å². The van der Waals surface area contributed by atoms with Crippen LogP contribution in [0.15, 0.2) is 36.4 Å². The van der Waals surface area contributed by atoms with Crippen molar-refractivity contribution in [3.05, 3.63) is 81.4 Å². The number of nitrogens with zero attached hydrogens (tertiary/aromatic N) is 2. The van der Waals surface area contributed by atoms with Crippen molar-refractivity contribution in [2.75, 3.05) is 49.9 Å². The summed E-state index contributed by atoms with van der Waals surface area (Å²) in [5.74, 6) is -3.62. The summed E-state index contributed by atoms with van der Waals surface area (Å²) in [6.07, 6.45) is 2.23. The number of carbonyl (C=O) groups is 7. The van der Waals surface area contributed by atoms with E-state index in [-0.39, 0.29) is 54.8 Å². The van der Waals surface area contributed by atoms with Crippen LogP contribution in [0.1, 0.15) is 79.8 Å². The first-order valence-corrected chi connectivity index (χ1v) is 17.8. The van der Waals surface area contributed by atoms with E-state index in [1.54, 1.807) is 32.1 Å². The van der Waals surface area contributed by atoms with Crippen LogP contribution < -0.4 is 26.6 Å². The topological polar surface area (TPSA) is 202 Å². The van der Waals surface area contributed by atoms with Crippen LogP contribution in [0.3, 0.4) is 0 Å². The summed E-state index contributed by atoms with van der Waals surface area (Å²) in [7, 11) is 0. The Labute approximate surface area is 310 Å². The highest BCUT2D eigenvalue weighted by Crippen LogP contribution is 2.35. The Bertz CT molecular complexity index is 2110. The van der Waals surface area contributed by atoms with Crippen molar-refractivity contribution in [2.45, 2.75) is 46.1 Å². The predicted molar refractivity (Wildman–Crippen MR) is 197 cm³/mol. The van der Waals surface area contributed by atoms with Crippen LogP contribution in [0.2, 0.25) is 0 Å². The van der Waals surface area contributed by atoms with E-state index in [0.717, 1.165) is 4.90 Å². The van der Waals surface area contributed by atoms with Crippen molar-refractivity contribution in [1.29, 1.82) is 0 Å². The van der Waals surface area contributed by atoms with Crippen LogP contribution in [-0.2, 0) is 19.2 Å². The van der Waals surface area contributed by atoms with Gasteiger partial charge in [0.25, 0.3) is 23.6 Å². The van der Waals surface area contributed by atoms with E-state index in [2.05, 4.69) is 31.6 Å². The van der Waals surface area contributed by atoms with Crippen LogP contribution in [0.5, 0.6) is 0 Å². The average Bonchev–Trinajstić information content (AvgIpc) is 3.70. The van der Waals surface area contributed by atoms with Crippen molar-refractivity contribution < 1.29 is 38.0 Å². The molecule has 16 heteroatoms. The van der Waals surface area contributed by atoms with E-state index in [1.165, 1.54) is 24.3 Å². The van der Waals surface area contributed by atoms with Gasteiger partial charge in [-0.25, -0.2) is 4.39 Å². The van der Waals surface area contributed by atoms with Gasteiger partial charge in [0.2, 0.25) is 17.7 Å². The van der Waals surface area contributed by atoms with Gasteiger partial charge in [-0.15, -0.1) is 0 Å². The van der Waals surface area contributed by atoms with Gasteiger partial charge in [0.15, 0.2) is 0 Å². The summed E-state index contributed by atoms with van der Waals surface area (Å²) in [6.45, 7) is 7.55. The minimum absolute atomic E-state index is 0.0349. The largest absolute Gasteiger partial charge is 0.384 e. The number of imide groups is 2. The lowest BCUT2D eigenvalue weighted by atomic mass is 10.0. The number of aromatic amines is 1. The third-order valence-electron chi connectivity index (χ3n) is 9.74. The number of hydrogen-bond donors (Lipinski definition) is 6. The molecule has 15 nitrogen and oxygen atoms in total. The van der Waals surface area contributed by atoms with Crippen molar-refractivity contribution in [2.24, 2.45) is 0 Å². The van der Waals surface area contributed by atoms with Gasteiger partial charge in [-0.3, -0.25) is 48.7 Å².